The van der Waals surface area contributed by atoms with E-state index in [9.17, 15) is 4.79 Å². The summed E-state index contributed by atoms with van der Waals surface area (Å²) in [6.45, 7) is 7.59. The Labute approximate surface area is 121 Å². The Balaban J connectivity index is 1.68. The molecule has 0 heterocycles. The predicted octanol–water partition coefficient (Wildman–Crippen LogP) is 2.37. The van der Waals surface area contributed by atoms with E-state index in [4.69, 9.17) is 5.11 Å². The zero-order valence-electron chi connectivity index (χ0n) is 13.0. The molecule has 3 aliphatic rings. The van der Waals surface area contributed by atoms with Crippen LogP contribution in [-0.2, 0) is 0 Å². The highest BCUT2D eigenvalue weighted by molar-refractivity contribution is 5.75. The third-order valence-electron chi connectivity index (χ3n) is 6.68. The van der Waals surface area contributed by atoms with Gasteiger partial charge in [-0.05, 0) is 48.9 Å². The molecular formula is C16H28N2O2. The van der Waals surface area contributed by atoms with Gasteiger partial charge < -0.3 is 15.3 Å². The fraction of sp³-hybridized carbons (Fsp3) is 0.938. The van der Waals surface area contributed by atoms with Gasteiger partial charge in [-0.15, -0.1) is 0 Å². The first-order valence-electron chi connectivity index (χ1n) is 8.08. The molecule has 2 amide bonds. The first kappa shape index (κ1) is 14.2. The van der Waals surface area contributed by atoms with E-state index in [0.717, 1.165) is 25.2 Å². The van der Waals surface area contributed by atoms with Gasteiger partial charge in [0.1, 0.15) is 0 Å². The van der Waals surface area contributed by atoms with Gasteiger partial charge >= 0.3 is 6.03 Å². The van der Waals surface area contributed by atoms with Gasteiger partial charge in [-0.2, -0.15) is 0 Å². The van der Waals surface area contributed by atoms with E-state index in [1.807, 2.05) is 4.90 Å². The topological polar surface area (TPSA) is 52.6 Å². The van der Waals surface area contributed by atoms with E-state index in [2.05, 4.69) is 26.1 Å². The summed E-state index contributed by atoms with van der Waals surface area (Å²) >= 11 is 0. The molecule has 2 N–H and O–H groups in total. The van der Waals surface area contributed by atoms with Crippen LogP contribution >= 0.6 is 0 Å². The number of carbonyl (C=O) groups is 1. The molecule has 0 aromatic carbocycles. The van der Waals surface area contributed by atoms with Crippen LogP contribution in [0.15, 0.2) is 0 Å². The standard InChI is InChI=1S/C16H28N2O2/c1-15(2)11-6-7-16(15,3)13(10-11)17-14(20)18(8-9-19)12-4-5-12/h11-13,19H,4-10H2,1-3H3,(H,17,20)/t11-,13-,16-/m0/s1. The molecule has 4 heteroatoms. The van der Waals surface area contributed by atoms with Crippen molar-refractivity contribution >= 4 is 6.03 Å². The van der Waals surface area contributed by atoms with Gasteiger partial charge in [-0.25, -0.2) is 4.79 Å². The Bertz CT molecular complexity index is 405. The van der Waals surface area contributed by atoms with Gasteiger partial charge in [0.2, 0.25) is 0 Å². The molecule has 0 radical (unpaired) electrons. The lowest BCUT2D eigenvalue weighted by Crippen LogP contribution is -2.52. The summed E-state index contributed by atoms with van der Waals surface area (Å²) in [6, 6.07) is 0.696. The summed E-state index contributed by atoms with van der Waals surface area (Å²) < 4.78 is 0. The number of fused-ring (bicyclic) bond motifs is 2. The number of amides is 2. The molecule has 0 aliphatic heterocycles. The smallest absolute Gasteiger partial charge is 0.317 e. The lowest BCUT2D eigenvalue weighted by molar-refractivity contribution is 0.114. The maximum absolute atomic E-state index is 12.5. The fourth-order valence-corrected chi connectivity index (χ4v) is 4.60. The van der Waals surface area contributed by atoms with E-state index >= 15 is 0 Å². The molecule has 0 aromatic heterocycles. The normalized spacial score (nSPS) is 38.0. The quantitative estimate of drug-likeness (QED) is 0.830. The number of hydrogen-bond donors (Lipinski definition) is 2. The van der Waals surface area contributed by atoms with Crippen LogP contribution in [0.5, 0.6) is 0 Å². The number of carbonyl (C=O) groups excluding carboxylic acids is 1. The SMILES string of the molecule is CC1(C)[C@H]2CC[C@@]1(C)[C@@H](NC(=O)N(CCO)C1CC1)C2. The zero-order chi connectivity index (χ0) is 14.5. The van der Waals surface area contributed by atoms with E-state index in [1.54, 1.807) is 0 Å². The van der Waals surface area contributed by atoms with E-state index in [1.165, 1.54) is 12.8 Å². The van der Waals surface area contributed by atoms with Crippen molar-refractivity contribution in [2.24, 2.45) is 16.7 Å². The molecular weight excluding hydrogens is 252 g/mol. The summed E-state index contributed by atoms with van der Waals surface area (Å²) in [5.74, 6) is 0.741. The summed E-state index contributed by atoms with van der Waals surface area (Å²) in [4.78, 5) is 14.3. The second kappa shape index (κ2) is 4.62. The predicted molar refractivity (Wildman–Crippen MR) is 78.4 cm³/mol. The Morgan fingerprint density at radius 3 is 2.45 bits per heavy atom. The van der Waals surface area contributed by atoms with Crippen LogP contribution in [0, 0.1) is 16.7 Å². The summed E-state index contributed by atoms with van der Waals surface area (Å²) in [7, 11) is 0. The van der Waals surface area contributed by atoms with E-state index in [0.29, 0.717) is 24.0 Å². The maximum atomic E-state index is 12.5. The molecule has 4 nitrogen and oxygen atoms in total. The Kier molecular flexibility index (Phi) is 3.27. The monoisotopic (exact) mass is 280 g/mol. The molecule has 114 valence electrons. The average Bonchev–Trinajstić information content (AvgIpc) is 3.16. The number of urea groups is 1. The maximum Gasteiger partial charge on any atom is 0.317 e. The molecule has 0 saturated heterocycles. The first-order chi connectivity index (χ1) is 9.40. The molecule has 0 aromatic rings. The van der Waals surface area contributed by atoms with Crippen molar-refractivity contribution in [1.82, 2.24) is 10.2 Å². The highest BCUT2D eigenvalue weighted by Gasteiger charge is 2.61. The van der Waals surface area contributed by atoms with Crippen LogP contribution in [0.2, 0.25) is 0 Å². The van der Waals surface area contributed by atoms with Crippen molar-refractivity contribution < 1.29 is 9.90 Å². The summed E-state index contributed by atoms with van der Waals surface area (Å²) in [6.07, 6.45) is 5.82. The molecule has 3 fully saturated rings. The van der Waals surface area contributed by atoms with Crippen molar-refractivity contribution in [3.8, 4) is 0 Å². The molecule has 2 bridgehead atoms. The Morgan fingerprint density at radius 1 is 1.30 bits per heavy atom. The third-order valence-corrected chi connectivity index (χ3v) is 6.68. The second-order valence-corrected chi connectivity index (χ2v) is 7.76. The minimum Gasteiger partial charge on any atom is -0.395 e. The number of nitrogens with zero attached hydrogens (tertiary/aromatic N) is 1. The first-order valence-corrected chi connectivity index (χ1v) is 8.08. The number of aliphatic hydroxyl groups is 1. The molecule has 3 atom stereocenters. The van der Waals surface area contributed by atoms with Crippen molar-refractivity contribution in [2.75, 3.05) is 13.2 Å². The van der Waals surface area contributed by atoms with Gasteiger partial charge in [-0.1, -0.05) is 20.8 Å². The minimum absolute atomic E-state index is 0.0381. The molecule has 3 rings (SSSR count). The Hall–Kier alpha value is -0.770. The average molecular weight is 280 g/mol. The number of rotatable bonds is 4. The fourth-order valence-electron chi connectivity index (χ4n) is 4.60. The van der Waals surface area contributed by atoms with Crippen LogP contribution in [0.25, 0.3) is 0 Å². The summed E-state index contributed by atoms with van der Waals surface area (Å²) in [5, 5.41) is 12.4. The van der Waals surface area contributed by atoms with Gasteiger partial charge in [0.25, 0.3) is 0 Å². The Morgan fingerprint density at radius 2 is 2.00 bits per heavy atom. The lowest BCUT2D eigenvalue weighted by Gasteiger charge is -2.40. The van der Waals surface area contributed by atoms with Crippen LogP contribution < -0.4 is 5.32 Å². The van der Waals surface area contributed by atoms with Crippen molar-refractivity contribution in [3.05, 3.63) is 0 Å². The molecule has 0 spiro atoms. The van der Waals surface area contributed by atoms with Crippen LogP contribution in [-0.4, -0.2) is 41.3 Å². The van der Waals surface area contributed by atoms with Crippen LogP contribution in [0.4, 0.5) is 4.79 Å². The molecule has 0 unspecified atom stereocenters. The number of nitrogens with one attached hydrogen (secondary N) is 1. The van der Waals surface area contributed by atoms with Crippen LogP contribution in [0.1, 0.15) is 52.9 Å². The lowest BCUT2D eigenvalue weighted by atomic mass is 9.69. The van der Waals surface area contributed by atoms with Gasteiger partial charge in [-0.3, -0.25) is 0 Å². The molecule has 3 saturated carbocycles. The highest BCUT2D eigenvalue weighted by Crippen LogP contribution is 2.65. The van der Waals surface area contributed by atoms with Gasteiger partial charge in [0.15, 0.2) is 0 Å². The molecule has 3 aliphatic carbocycles. The van der Waals surface area contributed by atoms with Crippen molar-refractivity contribution in [3.63, 3.8) is 0 Å². The number of aliphatic hydroxyl groups excluding tert-OH is 1. The van der Waals surface area contributed by atoms with E-state index in [-0.39, 0.29) is 18.1 Å². The van der Waals surface area contributed by atoms with Crippen LogP contribution in [0.3, 0.4) is 0 Å². The minimum atomic E-state index is 0.0381. The van der Waals surface area contributed by atoms with Gasteiger partial charge in [0, 0.05) is 18.6 Å². The van der Waals surface area contributed by atoms with E-state index < -0.39 is 0 Å². The number of hydrogen-bond acceptors (Lipinski definition) is 2. The zero-order valence-corrected chi connectivity index (χ0v) is 13.0. The second-order valence-electron chi connectivity index (χ2n) is 7.76. The highest BCUT2D eigenvalue weighted by atomic mass is 16.3. The third kappa shape index (κ3) is 1.95. The molecule has 20 heavy (non-hydrogen) atoms. The van der Waals surface area contributed by atoms with Gasteiger partial charge in [0.05, 0.1) is 6.61 Å². The largest absolute Gasteiger partial charge is 0.395 e. The van der Waals surface area contributed by atoms with Crippen molar-refractivity contribution in [1.29, 1.82) is 0 Å². The summed E-state index contributed by atoms with van der Waals surface area (Å²) in [5.41, 5.74) is 0.550. The van der Waals surface area contributed by atoms with Crippen molar-refractivity contribution in [2.45, 2.75) is 65.0 Å².